The van der Waals surface area contributed by atoms with Gasteiger partial charge in [0.05, 0.1) is 16.8 Å². The Morgan fingerprint density at radius 3 is 1.74 bits per heavy atom. The normalized spacial score (nSPS) is 11.6. The third-order valence-electron chi connectivity index (χ3n) is 12.1. The standard InChI is InChI=1S/C58H37NO2/c1-3-15-39(16-4-1)44-35-32-42(37-51(44)40-17-5-2-6-18-40)38-29-33-43(34-30-38)59(53-26-14-28-55-56(53)50-36-31-41-19-7-8-20-45(41)57(50)61-55)52-25-11-9-21-46(52)48-23-13-24-49-47-22-10-12-27-54(47)60-58(48)49/h1-37H. The summed E-state index contributed by atoms with van der Waals surface area (Å²) in [4.78, 5) is 2.39. The average Bonchev–Trinajstić information content (AvgIpc) is 3.92. The third kappa shape index (κ3) is 5.82. The Morgan fingerprint density at radius 1 is 0.295 bits per heavy atom. The molecule has 0 saturated carbocycles. The molecule has 0 aliphatic heterocycles. The van der Waals surface area contributed by atoms with Crippen LogP contribution in [0.3, 0.4) is 0 Å². The summed E-state index contributed by atoms with van der Waals surface area (Å²) in [7, 11) is 0. The molecule has 0 bridgehead atoms. The lowest BCUT2D eigenvalue weighted by atomic mass is 9.91. The minimum Gasteiger partial charge on any atom is -0.455 e. The summed E-state index contributed by atoms with van der Waals surface area (Å²) >= 11 is 0. The Hall–Kier alpha value is -8.14. The predicted molar refractivity (Wildman–Crippen MR) is 255 cm³/mol. The van der Waals surface area contributed by atoms with Crippen LogP contribution in [0.2, 0.25) is 0 Å². The van der Waals surface area contributed by atoms with Crippen LogP contribution in [0.15, 0.2) is 233 Å². The van der Waals surface area contributed by atoms with Crippen LogP contribution in [0.5, 0.6) is 0 Å². The number of para-hydroxylation sites is 3. The molecular weight excluding hydrogens is 743 g/mol. The van der Waals surface area contributed by atoms with Gasteiger partial charge in [0.25, 0.3) is 0 Å². The van der Waals surface area contributed by atoms with Crippen molar-refractivity contribution in [3.63, 3.8) is 0 Å². The van der Waals surface area contributed by atoms with Crippen molar-refractivity contribution < 1.29 is 8.83 Å². The zero-order chi connectivity index (χ0) is 40.3. The van der Waals surface area contributed by atoms with E-state index in [9.17, 15) is 0 Å². The van der Waals surface area contributed by atoms with Crippen LogP contribution in [0.4, 0.5) is 17.1 Å². The quantitative estimate of drug-likeness (QED) is 0.161. The number of fused-ring (bicyclic) bond motifs is 8. The number of rotatable bonds is 7. The van der Waals surface area contributed by atoms with Crippen molar-refractivity contribution in [1.29, 1.82) is 0 Å². The fourth-order valence-electron chi connectivity index (χ4n) is 9.24. The molecule has 0 atom stereocenters. The van der Waals surface area contributed by atoms with Crippen molar-refractivity contribution in [2.45, 2.75) is 0 Å². The third-order valence-corrected chi connectivity index (χ3v) is 12.1. The SMILES string of the molecule is c1ccc(-c2ccc(-c3ccc(N(c4ccccc4-c4cccc5c4oc4ccccc45)c4cccc5oc6c7ccccc7ccc6c45)cc3)cc2-c2ccccc2)cc1. The Morgan fingerprint density at radius 2 is 0.902 bits per heavy atom. The molecule has 3 nitrogen and oxygen atoms in total. The smallest absolute Gasteiger partial charge is 0.143 e. The summed E-state index contributed by atoms with van der Waals surface area (Å²) < 4.78 is 13.4. The van der Waals surface area contributed by atoms with Gasteiger partial charge in [-0.15, -0.1) is 0 Å². The Labute approximate surface area is 353 Å². The summed E-state index contributed by atoms with van der Waals surface area (Å²) in [5, 5.41) is 6.60. The van der Waals surface area contributed by atoms with Gasteiger partial charge in [-0.3, -0.25) is 0 Å². The van der Waals surface area contributed by atoms with Crippen LogP contribution in [-0.2, 0) is 0 Å². The van der Waals surface area contributed by atoms with Gasteiger partial charge in [-0.05, 0) is 87.3 Å². The van der Waals surface area contributed by atoms with E-state index in [2.05, 4.69) is 217 Å². The van der Waals surface area contributed by atoms with E-state index in [-0.39, 0.29) is 0 Å². The molecule has 3 heteroatoms. The van der Waals surface area contributed by atoms with Crippen molar-refractivity contribution in [3.05, 3.63) is 224 Å². The van der Waals surface area contributed by atoms with Gasteiger partial charge in [-0.25, -0.2) is 0 Å². The van der Waals surface area contributed by atoms with Crippen molar-refractivity contribution in [3.8, 4) is 44.5 Å². The van der Waals surface area contributed by atoms with Crippen LogP contribution in [-0.4, -0.2) is 0 Å². The zero-order valence-corrected chi connectivity index (χ0v) is 33.1. The van der Waals surface area contributed by atoms with E-state index >= 15 is 0 Å². The number of hydrogen-bond acceptors (Lipinski definition) is 3. The fraction of sp³-hybridized carbons (Fsp3) is 0. The topological polar surface area (TPSA) is 29.5 Å². The van der Waals surface area contributed by atoms with Gasteiger partial charge < -0.3 is 13.7 Å². The lowest BCUT2D eigenvalue weighted by Gasteiger charge is -2.28. The highest BCUT2D eigenvalue weighted by molar-refractivity contribution is 6.20. The Kier molecular flexibility index (Phi) is 8.17. The van der Waals surface area contributed by atoms with E-state index in [4.69, 9.17) is 8.83 Å². The summed E-state index contributed by atoms with van der Waals surface area (Å²) in [5.74, 6) is 0. The van der Waals surface area contributed by atoms with E-state index in [0.717, 1.165) is 94.0 Å². The fourth-order valence-corrected chi connectivity index (χ4v) is 9.24. The maximum atomic E-state index is 6.76. The molecule has 2 heterocycles. The molecule has 0 aliphatic rings. The van der Waals surface area contributed by atoms with Crippen LogP contribution in [0.25, 0.3) is 99.2 Å². The molecule has 0 fully saturated rings. The van der Waals surface area contributed by atoms with Gasteiger partial charge in [-0.1, -0.05) is 176 Å². The van der Waals surface area contributed by atoms with E-state index in [1.165, 1.54) is 22.3 Å². The molecule has 61 heavy (non-hydrogen) atoms. The highest BCUT2D eigenvalue weighted by atomic mass is 16.3. The van der Waals surface area contributed by atoms with Crippen molar-refractivity contribution in [2.24, 2.45) is 0 Å². The number of nitrogens with zero attached hydrogens (tertiary/aromatic N) is 1. The number of benzene rings is 10. The van der Waals surface area contributed by atoms with Crippen LogP contribution >= 0.6 is 0 Å². The summed E-state index contributed by atoms with van der Waals surface area (Å²) in [6.07, 6.45) is 0. The van der Waals surface area contributed by atoms with Crippen LogP contribution in [0.1, 0.15) is 0 Å². The predicted octanol–water partition coefficient (Wildman–Crippen LogP) is 16.8. The first kappa shape index (κ1) is 34.9. The lowest BCUT2D eigenvalue weighted by Crippen LogP contribution is -2.11. The second-order valence-electron chi connectivity index (χ2n) is 15.6. The number of hydrogen-bond donors (Lipinski definition) is 0. The molecule has 12 aromatic rings. The molecule has 0 N–H and O–H groups in total. The summed E-state index contributed by atoms with van der Waals surface area (Å²) in [6.45, 7) is 0. The van der Waals surface area contributed by atoms with Gasteiger partial charge in [0, 0.05) is 38.4 Å². The summed E-state index contributed by atoms with van der Waals surface area (Å²) in [5.41, 5.74) is 15.8. The average molecular weight is 780 g/mol. The van der Waals surface area contributed by atoms with Gasteiger partial charge in [0.15, 0.2) is 0 Å². The van der Waals surface area contributed by atoms with E-state index < -0.39 is 0 Å². The molecule has 0 radical (unpaired) electrons. The minimum absolute atomic E-state index is 0.842. The van der Waals surface area contributed by atoms with E-state index in [1.807, 2.05) is 12.1 Å². The number of anilines is 3. The molecule has 0 amide bonds. The van der Waals surface area contributed by atoms with Crippen LogP contribution < -0.4 is 4.90 Å². The maximum absolute atomic E-state index is 6.76. The molecule has 286 valence electrons. The molecule has 0 unspecified atom stereocenters. The van der Waals surface area contributed by atoms with Crippen molar-refractivity contribution >= 4 is 71.7 Å². The first-order chi connectivity index (χ1) is 30.3. The molecule has 0 spiro atoms. The molecular formula is C58H37NO2. The number of furan rings is 2. The second-order valence-corrected chi connectivity index (χ2v) is 15.6. The maximum Gasteiger partial charge on any atom is 0.143 e. The molecule has 0 aliphatic carbocycles. The van der Waals surface area contributed by atoms with Gasteiger partial charge in [0.1, 0.15) is 22.3 Å². The van der Waals surface area contributed by atoms with Crippen molar-refractivity contribution in [1.82, 2.24) is 0 Å². The van der Waals surface area contributed by atoms with Gasteiger partial charge >= 0.3 is 0 Å². The molecule has 10 aromatic carbocycles. The van der Waals surface area contributed by atoms with Gasteiger partial charge in [-0.2, -0.15) is 0 Å². The summed E-state index contributed by atoms with van der Waals surface area (Å²) in [6, 6.07) is 79.8. The molecule has 2 aromatic heterocycles. The molecule has 12 rings (SSSR count). The Balaban J connectivity index is 1.06. The lowest BCUT2D eigenvalue weighted by molar-refractivity contribution is 0.670. The first-order valence-corrected chi connectivity index (χ1v) is 20.7. The van der Waals surface area contributed by atoms with E-state index in [0.29, 0.717) is 0 Å². The minimum atomic E-state index is 0.842. The van der Waals surface area contributed by atoms with E-state index in [1.54, 1.807) is 0 Å². The largest absolute Gasteiger partial charge is 0.455 e. The Bertz CT molecular complexity index is 3580. The van der Waals surface area contributed by atoms with Gasteiger partial charge in [0.2, 0.25) is 0 Å². The first-order valence-electron chi connectivity index (χ1n) is 20.7. The zero-order valence-electron chi connectivity index (χ0n) is 33.1. The highest BCUT2D eigenvalue weighted by Gasteiger charge is 2.24. The highest BCUT2D eigenvalue weighted by Crippen LogP contribution is 2.48. The monoisotopic (exact) mass is 779 g/mol. The molecule has 0 saturated heterocycles. The van der Waals surface area contributed by atoms with Crippen LogP contribution in [0, 0.1) is 0 Å². The van der Waals surface area contributed by atoms with Crippen molar-refractivity contribution in [2.75, 3.05) is 4.90 Å². The second kappa shape index (κ2) is 14.3.